The van der Waals surface area contributed by atoms with Crippen LogP contribution in [0.4, 0.5) is 5.82 Å². The minimum Gasteiger partial charge on any atom is -0.497 e. The van der Waals surface area contributed by atoms with Gasteiger partial charge in [-0.05, 0) is 52.4 Å². The number of rotatable bonds is 7. The second-order valence-electron chi connectivity index (χ2n) is 8.22. The van der Waals surface area contributed by atoms with Gasteiger partial charge in [0, 0.05) is 32.4 Å². The van der Waals surface area contributed by atoms with Crippen LogP contribution in [0.3, 0.4) is 0 Å². The fourth-order valence-corrected chi connectivity index (χ4v) is 4.04. The van der Waals surface area contributed by atoms with Gasteiger partial charge in [0.1, 0.15) is 17.2 Å². The molecule has 4 heterocycles. The van der Waals surface area contributed by atoms with Crippen molar-refractivity contribution in [1.29, 1.82) is 0 Å². The number of carbonyl (C=O) groups is 1. The number of hydrogen-bond acceptors (Lipinski definition) is 9. The molecule has 12 heteroatoms. The first kappa shape index (κ1) is 23.2. The van der Waals surface area contributed by atoms with Gasteiger partial charge in [0.05, 0.1) is 24.8 Å². The molecule has 4 aromatic rings. The summed E-state index contributed by atoms with van der Waals surface area (Å²) in [5.74, 6) is 0.649. The van der Waals surface area contributed by atoms with E-state index in [0.717, 1.165) is 24.4 Å². The van der Waals surface area contributed by atoms with Crippen LogP contribution in [0.15, 0.2) is 47.4 Å². The predicted octanol–water partition coefficient (Wildman–Crippen LogP) is 1.02. The van der Waals surface area contributed by atoms with Crippen molar-refractivity contribution < 1.29 is 14.6 Å². The molecule has 1 saturated heterocycles. The summed E-state index contributed by atoms with van der Waals surface area (Å²) in [6, 6.07) is 10.4. The van der Waals surface area contributed by atoms with E-state index in [1.807, 2.05) is 29.2 Å². The Balaban J connectivity index is 1.53. The summed E-state index contributed by atoms with van der Waals surface area (Å²) in [4.78, 5) is 31.6. The van der Waals surface area contributed by atoms with Crippen molar-refractivity contribution in [3.05, 3.63) is 75.5 Å². The maximum atomic E-state index is 13.5. The molecule has 0 saturated carbocycles. The van der Waals surface area contributed by atoms with E-state index in [2.05, 4.69) is 25.8 Å². The Morgan fingerprint density at radius 2 is 1.94 bits per heavy atom. The number of nitrogens with zero attached hydrogens (tertiary/aromatic N) is 7. The van der Waals surface area contributed by atoms with E-state index in [9.17, 15) is 14.7 Å². The zero-order valence-corrected chi connectivity index (χ0v) is 19.5. The van der Waals surface area contributed by atoms with Gasteiger partial charge in [0.2, 0.25) is 0 Å². The fourth-order valence-electron chi connectivity index (χ4n) is 4.04. The van der Waals surface area contributed by atoms with Gasteiger partial charge in [-0.25, -0.2) is 14.5 Å². The van der Waals surface area contributed by atoms with Gasteiger partial charge < -0.3 is 20.1 Å². The van der Waals surface area contributed by atoms with Crippen molar-refractivity contribution in [3.8, 4) is 5.75 Å². The fraction of sp³-hybridized carbons (Fsp3) is 0.250. The number of aromatic carboxylic acids is 1. The lowest BCUT2D eigenvalue weighted by Crippen LogP contribution is -2.45. The van der Waals surface area contributed by atoms with Gasteiger partial charge in [-0.2, -0.15) is 0 Å². The average molecular weight is 489 g/mol. The molecule has 36 heavy (non-hydrogen) atoms. The first-order valence-electron chi connectivity index (χ1n) is 11.4. The molecule has 0 radical (unpaired) electrons. The molecule has 12 nitrogen and oxygen atoms in total. The summed E-state index contributed by atoms with van der Waals surface area (Å²) < 4.78 is 8.18. The topological polar surface area (TPSA) is 140 Å². The van der Waals surface area contributed by atoms with Crippen LogP contribution in [0.5, 0.6) is 5.75 Å². The molecular weight excluding hydrogens is 464 g/mol. The van der Waals surface area contributed by atoms with Gasteiger partial charge in [-0.1, -0.05) is 12.1 Å². The van der Waals surface area contributed by atoms with Crippen LogP contribution in [0, 0.1) is 0 Å². The molecule has 1 aromatic carbocycles. The summed E-state index contributed by atoms with van der Waals surface area (Å²) in [5.41, 5.74) is 1.39. The molecule has 0 atom stereocenters. The highest BCUT2D eigenvalue weighted by atomic mass is 16.5. The van der Waals surface area contributed by atoms with Crippen LogP contribution in [0.25, 0.3) is 17.8 Å². The molecule has 0 amide bonds. The Morgan fingerprint density at radius 3 is 2.67 bits per heavy atom. The predicted molar refractivity (Wildman–Crippen MR) is 132 cm³/mol. The molecule has 0 unspecified atom stereocenters. The normalized spacial score (nSPS) is 14.0. The summed E-state index contributed by atoms with van der Waals surface area (Å²) >= 11 is 0. The highest BCUT2D eigenvalue weighted by Gasteiger charge is 2.20. The van der Waals surface area contributed by atoms with Crippen molar-refractivity contribution in [2.45, 2.75) is 6.54 Å². The Morgan fingerprint density at radius 1 is 1.17 bits per heavy atom. The monoisotopic (exact) mass is 488 g/mol. The molecule has 0 spiro atoms. The zero-order valence-electron chi connectivity index (χ0n) is 19.5. The van der Waals surface area contributed by atoms with E-state index < -0.39 is 5.97 Å². The van der Waals surface area contributed by atoms with Crippen LogP contribution < -0.4 is 20.5 Å². The molecular formula is C24H24N8O4. The largest absolute Gasteiger partial charge is 0.497 e. The lowest BCUT2D eigenvalue weighted by atomic mass is 10.2. The zero-order chi connectivity index (χ0) is 25.1. The van der Waals surface area contributed by atoms with Crippen LogP contribution >= 0.6 is 0 Å². The van der Waals surface area contributed by atoms with E-state index in [4.69, 9.17) is 4.74 Å². The number of benzene rings is 1. The summed E-state index contributed by atoms with van der Waals surface area (Å²) in [6.45, 7) is 3.27. The van der Waals surface area contributed by atoms with Crippen LogP contribution in [0.2, 0.25) is 0 Å². The molecule has 3 aromatic heterocycles. The van der Waals surface area contributed by atoms with E-state index in [-0.39, 0.29) is 16.8 Å². The quantitative estimate of drug-likeness (QED) is 0.387. The van der Waals surface area contributed by atoms with E-state index in [1.165, 1.54) is 22.7 Å². The number of methoxy groups -OCH3 is 1. The standard InChI is InChI=1S/C24H24N8O4/c1-36-18-4-2-16(3-5-18)15-32-20(27-28-29-32)7-6-19-22(30-12-9-25-10-13-30)26-21-14-17(24(34)35)8-11-31(21)23(19)33/h2-8,11,14,25H,9-10,12-13,15H2,1H3,(H,34,35)/b7-6+. The number of tetrazole rings is 1. The number of hydrogen-bond donors (Lipinski definition) is 2. The minimum atomic E-state index is -1.08. The van der Waals surface area contributed by atoms with Crippen molar-refractivity contribution in [1.82, 2.24) is 34.9 Å². The Kier molecular flexibility index (Phi) is 6.41. The highest BCUT2D eigenvalue weighted by molar-refractivity contribution is 5.88. The Hall–Kier alpha value is -4.58. The molecule has 2 N–H and O–H groups in total. The average Bonchev–Trinajstić information content (AvgIpc) is 3.35. The van der Waals surface area contributed by atoms with E-state index in [1.54, 1.807) is 23.9 Å². The maximum Gasteiger partial charge on any atom is 0.335 e. The number of ether oxygens (including phenoxy) is 1. The molecule has 1 aliphatic heterocycles. The second-order valence-corrected chi connectivity index (χ2v) is 8.22. The number of fused-ring (bicyclic) bond motifs is 1. The van der Waals surface area contributed by atoms with Crippen LogP contribution in [-0.4, -0.2) is 74.0 Å². The number of nitrogens with one attached hydrogen (secondary N) is 1. The maximum absolute atomic E-state index is 13.5. The first-order valence-corrected chi connectivity index (χ1v) is 11.4. The van der Waals surface area contributed by atoms with Gasteiger partial charge in [-0.3, -0.25) is 9.20 Å². The van der Waals surface area contributed by atoms with E-state index >= 15 is 0 Å². The van der Waals surface area contributed by atoms with Crippen LogP contribution in [0.1, 0.15) is 27.3 Å². The smallest absolute Gasteiger partial charge is 0.335 e. The van der Waals surface area contributed by atoms with Gasteiger partial charge >= 0.3 is 5.97 Å². The molecule has 1 fully saturated rings. The molecule has 0 aliphatic carbocycles. The minimum absolute atomic E-state index is 0.0640. The van der Waals surface area contributed by atoms with Crippen molar-refractivity contribution in [2.75, 3.05) is 38.2 Å². The number of carboxylic acids is 1. The van der Waals surface area contributed by atoms with Gasteiger partial charge in [-0.15, -0.1) is 5.10 Å². The third-order valence-electron chi connectivity index (χ3n) is 5.96. The Labute approximate surface area is 205 Å². The van der Waals surface area contributed by atoms with E-state index in [0.29, 0.717) is 36.8 Å². The Bertz CT molecular complexity index is 1490. The highest BCUT2D eigenvalue weighted by Crippen LogP contribution is 2.20. The molecule has 5 rings (SSSR count). The lowest BCUT2D eigenvalue weighted by molar-refractivity contribution is 0.0697. The van der Waals surface area contributed by atoms with Crippen molar-refractivity contribution in [3.63, 3.8) is 0 Å². The number of aromatic nitrogens is 6. The van der Waals surface area contributed by atoms with Gasteiger partial charge in [0.15, 0.2) is 5.82 Å². The third-order valence-corrected chi connectivity index (χ3v) is 5.96. The van der Waals surface area contributed by atoms with Crippen molar-refractivity contribution >= 4 is 29.6 Å². The van der Waals surface area contributed by atoms with Gasteiger partial charge in [0.25, 0.3) is 5.56 Å². The first-order chi connectivity index (χ1) is 17.5. The number of anilines is 1. The summed E-state index contributed by atoms with van der Waals surface area (Å²) in [7, 11) is 1.61. The molecule has 1 aliphatic rings. The number of carboxylic acid groups (broad SMARTS) is 1. The van der Waals surface area contributed by atoms with Crippen LogP contribution in [-0.2, 0) is 6.54 Å². The third kappa shape index (κ3) is 4.66. The summed E-state index contributed by atoms with van der Waals surface area (Å²) in [5, 5.41) is 24.6. The molecule has 0 bridgehead atoms. The van der Waals surface area contributed by atoms with Crippen molar-refractivity contribution in [2.24, 2.45) is 0 Å². The molecule has 184 valence electrons. The number of pyridine rings is 1. The number of piperazine rings is 1. The SMILES string of the molecule is COc1ccc(Cn2nnnc2/C=C/c2c(N3CCNCC3)nc3cc(C(=O)O)ccn3c2=O)cc1. The summed E-state index contributed by atoms with van der Waals surface area (Å²) in [6.07, 6.45) is 4.78. The lowest BCUT2D eigenvalue weighted by Gasteiger charge is -2.29. The second kappa shape index (κ2) is 9.96.